The molecule has 0 radical (unpaired) electrons. The second-order valence-corrected chi connectivity index (χ2v) is 4.56. The van der Waals surface area contributed by atoms with Gasteiger partial charge in [0.15, 0.2) is 0 Å². The number of rotatable bonds is 4. The average Bonchev–Trinajstić information content (AvgIpc) is 2.28. The Morgan fingerprint density at radius 3 is 2.75 bits per heavy atom. The average molecular weight is 223 g/mol. The van der Waals surface area contributed by atoms with E-state index in [0.717, 1.165) is 19.3 Å². The second-order valence-electron chi connectivity index (χ2n) is 4.56. The van der Waals surface area contributed by atoms with E-state index in [0.29, 0.717) is 17.9 Å². The van der Waals surface area contributed by atoms with Crippen LogP contribution in [-0.2, 0) is 0 Å². The van der Waals surface area contributed by atoms with Crippen molar-refractivity contribution in [3.05, 3.63) is 29.8 Å². The van der Waals surface area contributed by atoms with Gasteiger partial charge < -0.3 is 10.5 Å². The largest absolute Gasteiger partial charge is 0.497 e. The molecule has 1 atom stereocenters. The molecule has 1 aromatic rings. The molecule has 1 aliphatic rings. The van der Waals surface area contributed by atoms with E-state index in [1.54, 1.807) is 13.2 Å². The molecule has 0 bridgehead atoms. The summed E-state index contributed by atoms with van der Waals surface area (Å²) in [6, 6.07) is 7.22. The molecular weight excluding hydrogens is 205 g/mol. The third kappa shape index (κ3) is 1.80. The summed E-state index contributed by atoms with van der Waals surface area (Å²) in [5.74, 6) is 0.701. The number of hydrogen-bond donors (Lipinski definition) is 1. The summed E-state index contributed by atoms with van der Waals surface area (Å²) in [5, 5.41) is 0. The van der Waals surface area contributed by atoms with E-state index in [9.17, 15) is 4.39 Å². The fraction of sp³-hybridized carbons (Fsp3) is 0.538. The van der Waals surface area contributed by atoms with Crippen LogP contribution in [0.25, 0.3) is 0 Å². The second kappa shape index (κ2) is 4.42. The van der Waals surface area contributed by atoms with Crippen LogP contribution in [0.4, 0.5) is 4.39 Å². The highest BCUT2D eigenvalue weighted by atomic mass is 19.1. The predicted molar refractivity (Wildman–Crippen MR) is 62.2 cm³/mol. The molecule has 0 spiro atoms. The lowest BCUT2D eigenvalue weighted by molar-refractivity contribution is 0.0283. The highest BCUT2D eigenvalue weighted by Gasteiger charge is 2.44. The molecule has 1 fully saturated rings. The fourth-order valence-electron chi connectivity index (χ4n) is 2.34. The molecule has 1 saturated carbocycles. The number of ether oxygens (including phenoxy) is 1. The minimum absolute atomic E-state index is 0.327. The lowest BCUT2D eigenvalue weighted by atomic mass is 9.64. The highest BCUT2D eigenvalue weighted by molar-refractivity contribution is 5.31. The molecule has 2 N–H and O–H groups in total. The highest BCUT2D eigenvalue weighted by Crippen LogP contribution is 2.51. The summed E-state index contributed by atoms with van der Waals surface area (Å²) in [4.78, 5) is 0. The Morgan fingerprint density at radius 2 is 2.25 bits per heavy atom. The Labute approximate surface area is 95.6 Å². The predicted octanol–water partition coefficient (Wildman–Crippen LogP) is 2.83. The van der Waals surface area contributed by atoms with Crippen LogP contribution in [-0.4, -0.2) is 13.7 Å². The topological polar surface area (TPSA) is 35.2 Å². The van der Waals surface area contributed by atoms with E-state index in [-0.39, 0.29) is 5.41 Å². The van der Waals surface area contributed by atoms with Crippen molar-refractivity contribution in [1.29, 1.82) is 0 Å². The summed E-state index contributed by atoms with van der Waals surface area (Å²) in [6.45, 7) is 0.422. The molecule has 0 amide bonds. The molecule has 2 nitrogen and oxygen atoms in total. The van der Waals surface area contributed by atoms with Crippen molar-refractivity contribution in [3.8, 4) is 5.75 Å². The van der Waals surface area contributed by atoms with Gasteiger partial charge in [-0.3, -0.25) is 0 Å². The van der Waals surface area contributed by atoms with Crippen LogP contribution in [0.3, 0.4) is 0 Å². The van der Waals surface area contributed by atoms with E-state index < -0.39 is 6.17 Å². The Morgan fingerprint density at radius 1 is 1.50 bits per heavy atom. The molecular formula is C13H18FNO. The lowest BCUT2D eigenvalue weighted by Gasteiger charge is -2.43. The molecule has 1 aliphatic carbocycles. The first kappa shape index (κ1) is 11.4. The number of benzene rings is 1. The van der Waals surface area contributed by atoms with Gasteiger partial charge in [-0.1, -0.05) is 18.6 Å². The molecule has 3 heteroatoms. The van der Waals surface area contributed by atoms with E-state index in [4.69, 9.17) is 10.5 Å². The number of halogens is 1. The van der Waals surface area contributed by atoms with Crippen LogP contribution in [0.15, 0.2) is 24.3 Å². The van der Waals surface area contributed by atoms with Crippen molar-refractivity contribution in [2.75, 3.05) is 13.7 Å². The van der Waals surface area contributed by atoms with Crippen LogP contribution in [0.2, 0.25) is 0 Å². The van der Waals surface area contributed by atoms with Crippen LogP contribution >= 0.6 is 0 Å². The maximum absolute atomic E-state index is 14.4. The minimum Gasteiger partial charge on any atom is -0.497 e. The zero-order chi connectivity index (χ0) is 11.6. The number of alkyl halides is 1. The van der Waals surface area contributed by atoms with Crippen LogP contribution < -0.4 is 10.5 Å². The Hall–Kier alpha value is -1.09. The summed E-state index contributed by atoms with van der Waals surface area (Å²) >= 11 is 0. The third-order valence-corrected chi connectivity index (χ3v) is 3.68. The summed E-state index contributed by atoms with van der Waals surface area (Å²) in [6.07, 6.45) is 1.90. The number of hydrogen-bond acceptors (Lipinski definition) is 2. The van der Waals surface area contributed by atoms with Crippen molar-refractivity contribution < 1.29 is 9.13 Å². The Balaban J connectivity index is 2.22. The van der Waals surface area contributed by atoms with Gasteiger partial charge in [-0.05, 0) is 30.5 Å². The van der Waals surface area contributed by atoms with E-state index in [1.165, 1.54) is 0 Å². The smallest absolute Gasteiger partial charge is 0.132 e. The van der Waals surface area contributed by atoms with E-state index >= 15 is 0 Å². The maximum Gasteiger partial charge on any atom is 0.132 e. The molecule has 0 saturated heterocycles. The third-order valence-electron chi connectivity index (χ3n) is 3.68. The molecule has 16 heavy (non-hydrogen) atoms. The van der Waals surface area contributed by atoms with Gasteiger partial charge in [0.25, 0.3) is 0 Å². The van der Waals surface area contributed by atoms with Gasteiger partial charge >= 0.3 is 0 Å². The summed E-state index contributed by atoms with van der Waals surface area (Å²) in [5.41, 5.74) is 6.06. The molecule has 2 rings (SSSR count). The van der Waals surface area contributed by atoms with Crippen LogP contribution in [0.1, 0.15) is 31.0 Å². The molecule has 88 valence electrons. The fourth-order valence-corrected chi connectivity index (χ4v) is 2.34. The zero-order valence-corrected chi connectivity index (χ0v) is 9.58. The molecule has 0 aromatic heterocycles. The number of nitrogens with two attached hydrogens (primary N) is 1. The Kier molecular flexibility index (Phi) is 3.15. The molecule has 0 aliphatic heterocycles. The molecule has 0 heterocycles. The Bertz CT molecular complexity index is 357. The molecule has 1 aromatic carbocycles. The van der Waals surface area contributed by atoms with Crippen molar-refractivity contribution in [3.63, 3.8) is 0 Å². The first-order valence-corrected chi connectivity index (χ1v) is 5.70. The van der Waals surface area contributed by atoms with Gasteiger partial charge in [-0.15, -0.1) is 0 Å². The van der Waals surface area contributed by atoms with Crippen molar-refractivity contribution >= 4 is 0 Å². The number of methoxy groups -OCH3 is 1. The first-order chi connectivity index (χ1) is 7.72. The minimum atomic E-state index is -0.971. The lowest BCUT2D eigenvalue weighted by Crippen LogP contribution is -2.41. The first-order valence-electron chi connectivity index (χ1n) is 5.70. The molecule has 1 unspecified atom stereocenters. The van der Waals surface area contributed by atoms with Gasteiger partial charge in [0, 0.05) is 12.0 Å². The quantitative estimate of drug-likeness (QED) is 0.851. The van der Waals surface area contributed by atoms with Crippen molar-refractivity contribution in [2.45, 2.75) is 25.4 Å². The van der Waals surface area contributed by atoms with E-state index in [2.05, 4.69) is 0 Å². The summed E-state index contributed by atoms with van der Waals surface area (Å²) < 4.78 is 19.5. The van der Waals surface area contributed by atoms with Crippen molar-refractivity contribution in [1.82, 2.24) is 0 Å². The zero-order valence-electron chi connectivity index (χ0n) is 9.58. The van der Waals surface area contributed by atoms with Gasteiger partial charge in [-0.2, -0.15) is 0 Å². The summed E-state index contributed by atoms with van der Waals surface area (Å²) in [7, 11) is 1.59. The van der Waals surface area contributed by atoms with Crippen LogP contribution in [0.5, 0.6) is 5.75 Å². The van der Waals surface area contributed by atoms with E-state index in [1.807, 2.05) is 18.2 Å². The monoisotopic (exact) mass is 223 g/mol. The van der Waals surface area contributed by atoms with Gasteiger partial charge in [0.05, 0.1) is 7.11 Å². The van der Waals surface area contributed by atoms with Gasteiger partial charge in [0.2, 0.25) is 0 Å². The normalized spacial score (nSPS) is 19.9. The maximum atomic E-state index is 14.4. The van der Waals surface area contributed by atoms with Gasteiger partial charge in [-0.25, -0.2) is 4.39 Å². The van der Waals surface area contributed by atoms with Crippen LogP contribution in [0, 0.1) is 5.41 Å². The van der Waals surface area contributed by atoms with Gasteiger partial charge in [0.1, 0.15) is 11.9 Å². The van der Waals surface area contributed by atoms with Crippen molar-refractivity contribution in [2.24, 2.45) is 11.1 Å². The SMILES string of the molecule is COc1cccc(C(F)C2(CN)CCC2)c1. The standard InChI is InChI=1S/C13H18FNO/c1-16-11-5-2-4-10(8-11)12(14)13(9-15)6-3-7-13/h2,4-5,8,12H,3,6-7,9,15H2,1H3.